The number of rotatable bonds is 7. The van der Waals surface area contributed by atoms with E-state index in [1.54, 1.807) is 12.1 Å². The first-order valence-electron chi connectivity index (χ1n) is 6.14. The summed E-state index contributed by atoms with van der Waals surface area (Å²) in [5, 5.41) is 32.6. The Morgan fingerprint density at radius 1 is 1.37 bits per heavy atom. The van der Waals surface area contributed by atoms with Crippen LogP contribution in [0.5, 0.6) is 0 Å². The Hall–Kier alpha value is -1.50. The van der Waals surface area contributed by atoms with Gasteiger partial charge >= 0.3 is 0 Å². The molecule has 0 aliphatic rings. The predicted molar refractivity (Wildman–Crippen MR) is 71.8 cm³/mol. The van der Waals surface area contributed by atoms with Crippen LogP contribution in [0.4, 0.5) is 5.69 Å². The first-order valence-corrected chi connectivity index (χ1v) is 6.14. The van der Waals surface area contributed by atoms with Crippen LogP contribution in [0.3, 0.4) is 0 Å². The van der Waals surface area contributed by atoms with Crippen LogP contribution in [0.1, 0.15) is 31.9 Å². The van der Waals surface area contributed by atoms with Gasteiger partial charge in [-0.3, -0.25) is 10.1 Å². The minimum Gasteiger partial charge on any atom is -0.396 e. The molecule has 6 nitrogen and oxygen atoms in total. The minimum absolute atomic E-state index is 0.00418. The van der Waals surface area contributed by atoms with Crippen LogP contribution in [-0.4, -0.2) is 33.8 Å². The number of hydrogen-bond acceptors (Lipinski definition) is 5. The number of nitrogens with one attached hydrogen (secondary N) is 1. The molecule has 0 radical (unpaired) electrons. The maximum Gasteiger partial charge on any atom is 0.269 e. The number of benzene rings is 1. The largest absolute Gasteiger partial charge is 0.396 e. The summed E-state index contributed by atoms with van der Waals surface area (Å²) >= 11 is 0. The molecule has 0 aromatic heterocycles. The van der Waals surface area contributed by atoms with E-state index in [0.717, 1.165) is 0 Å². The highest BCUT2D eigenvalue weighted by atomic mass is 16.6. The third-order valence-electron chi connectivity index (χ3n) is 3.00. The summed E-state index contributed by atoms with van der Waals surface area (Å²) < 4.78 is 0. The molecule has 0 amide bonds. The summed E-state index contributed by atoms with van der Waals surface area (Å²) in [7, 11) is 0. The van der Waals surface area contributed by atoms with Gasteiger partial charge in [-0.05, 0) is 38.0 Å². The van der Waals surface area contributed by atoms with E-state index in [2.05, 4.69) is 5.32 Å². The predicted octanol–water partition coefficient (Wildman–Crippen LogP) is 1.38. The van der Waals surface area contributed by atoms with Gasteiger partial charge in [0.25, 0.3) is 5.69 Å². The van der Waals surface area contributed by atoms with Gasteiger partial charge in [-0.25, -0.2) is 0 Å². The number of aliphatic hydroxyl groups excluding tert-OH is 2. The SMILES string of the molecule is CC(C)(CCO)NCC(O)c1ccc([N+](=O)[O-])cc1. The Morgan fingerprint density at radius 2 is 1.95 bits per heavy atom. The van der Waals surface area contributed by atoms with E-state index in [1.807, 2.05) is 13.8 Å². The molecule has 1 rings (SSSR count). The normalized spacial score (nSPS) is 13.3. The van der Waals surface area contributed by atoms with E-state index in [1.165, 1.54) is 12.1 Å². The molecule has 0 spiro atoms. The van der Waals surface area contributed by atoms with Crippen LogP contribution in [0, 0.1) is 10.1 Å². The number of nitro groups is 1. The minimum atomic E-state index is -0.737. The summed E-state index contributed by atoms with van der Waals surface area (Å²) in [5.41, 5.74) is 0.360. The molecule has 0 saturated heterocycles. The molecule has 1 unspecified atom stereocenters. The van der Waals surface area contributed by atoms with Crippen LogP contribution in [0.15, 0.2) is 24.3 Å². The van der Waals surface area contributed by atoms with Gasteiger partial charge in [-0.15, -0.1) is 0 Å². The Labute approximate surface area is 112 Å². The van der Waals surface area contributed by atoms with Gasteiger partial charge in [0.15, 0.2) is 0 Å². The molecule has 0 aliphatic carbocycles. The lowest BCUT2D eigenvalue weighted by Crippen LogP contribution is -2.42. The number of non-ortho nitro benzene ring substituents is 1. The van der Waals surface area contributed by atoms with Gasteiger partial charge in [0.1, 0.15) is 0 Å². The van der Waals surface area contributed by atoms with Crippen molar-refractivity contribution in [3.8, 4) is 0 Å². The molecule has 1 atom stereocenters. The molecule has 0 saturated carbocycles. The van der Waals surface area contributed by atoms with Crippen molar-refractivity contribution >= 4 is 5.69 Å². The van der Waals surface area contributed by atoms with Gasteiger partial charge < -0.3 is 15.5 Å². The van der Waals surface area contributed by atoms with Gasteiger partial charge in [0, 0.05) is 30.8 Å². The van der Waals surface area contributed by atoms with Crippen molar-refractivity contribution in [2.24, 2.45) is 0 Å². The Kier molecular flexibility index (Phi) is 5.41. The third-order valence-corrected chi connectivity index (χ3v) is 3.00. The average Bonchev–Trinajstić information content (AvgIpc) is 2.36. The molecule has 0 heterocycles. The van der Waals surface area contributed by atoms with Crippen molar-refractivity contribution in [2.45, 2.75) is 31.9 Å². The number of β-amino-alcohol motifs (C(OH)–C–C–N with tert-alkyl or cyclic N) is 1. The Bertz CT molecular complexity index is 417. The van der Waals surface area contributed by atoms with Crippen LogP contribution >= 0.6 is 0 Å². The van der Waals surface area contributed by atoms with E-state index in [-0.39, 0.29) is 17.8 Å². The van der Waals surface area contributed by atoms with Gasteiger partial charge in [-0.2, -0.15) is 0 Å². The zero-order valence-corrected chi connectivity index (χ0v) is 11.2. The van der Waals surface area contributed by atoms with Crippen molar-refractivity contribution < 1.29 is 15.1 Å². The van der Waals surface area contributed by atoms with E-state index in [9.17, 15) is 15.2 Å². The fourth-order valence-electron chi connectivity index (χ4n) is 1.68. The highest BCUT2D eigenvalue weighted by Gasteiger charge is 2.18. The first-order chi connectivity index (χ1) is 8.85. The first kappa shape index (κ1) is 15.6. The number of nitro benzene ring substituents is 1. The lowest BCUT2D eigenvalue weighted by Gasteiger charge is -2.27. The summed E-state index contributed by atoms with van der Waals surface area (Å²) in [6, 6.07) is 5.84. The Balaban J connectivity index is 2.58. The van der Waals surface area contributed by atoms with Crippen LogP contribution in [0.2, 0.25) is 0 Å². The molecule has 1 aromatic rings. The molecule has 106 valence electrons. The van der Waals surface area contributed by atoms with Gasteiger partial charge in [0.2, 0.25) is 0 Å². The summed E-state index contributed by atoms with van der Waals surface area (Å²) in [5.74, 6) is 0. The molecule has 0 aliphatic heterocycles. The zero-order chi connectivity index (χ0) is 14.5. The smallest absolute Gasteiger partial charge is 0.269 e. The lowest BCUT2D eigenvalue weighted by molar-refractivity contribution is -0.384. The van der Waals surface area contributed by atoms with E-state index in [4.69, 9.17) is 5.11 Å². The highest BCUT2D eigenvalue weighted by Crippen LogP contribution is 2.18. The number of nitrogens with zero attached hydrogens (tertiary/aromatic N) is 1. The van der Waals surface area contributed by atoms with E-state index < -0.39 is 11.0 Å². The van der Waals surface area contributed by atoms with Crippen molar-refractivity contribution in [2.75, 3.05) is 13.2 Å². The summed E-state index contributed by atoms with van der Waals surface area (Å²) in [6.07, 6.45) is -0.154. The zero-order valence-electron chi connectivity index (χ0n) is 11.2. The second-order valence-corrected chi connectivity index (χ2v) is 5.10. The number of aliphatic hydroxyl groups is 2. The topological polar surface area (TPSA) is 95.6 Å². The van der Waals surface area contributed by atoms with Crippen molar-refractivity contribution in [1.82, 2.24) is 5.32 Å². The fraction of sp³-hybridized carbons (Fsp3) is 0.538. The molecule has 6 heteroatoms. The molecular formula is C13H20N2O4. The van der Waals surface area contributed by atoms with E-state index in [0.29, 0.717) is 18.5 Å². The maximum absolute atomic E-state index is 10.5. The van der Waals surface area contributed by atoms with Crippen molar-refractivity contribution in [3.63, 3.8) is 0 Å². The highest BCUT2D eigenvalue weighted by molar-refractivity contribution is 5.33. The molecular weight excluding hydrogens is 248 g/mol. The second kappa shape index (κ2) is 6.60. The standard InChI is InChI=1S/C13H20N2O4/c1-13(2,7-8-16)14-9-12(17)10-3-5-11(6-4-10)15(18)19/h3-6,12,14,16-17H,7-9H2,1-2H3. The van der Waals surface area contributed by atoms with Crippen LogP contribution < -0.4 is 5.32 Å². The van der Waals surface area contributed by atoms with Crippen molar-refractivity contribution in [1.29, 1.82) is 0 Å². The number of hydrogen-bond donors (Lipinski definition) is 3. The third kappa shape index (κ3) is 4.94. The molecule has 19 heavy (non-hydrogen) atoms. The van der Waals surface area contributed by atoms with Crippen LogP contribution in [-0.2, 0) is 0 Å². The lowest BCUT2D eigenvalue weighted by atomic mass is 10.0. The summed E-state index contributed by atoms with van der Waals surface area (Å²) in [6.45, 7) is 4.27. The maximum atomic E-state index is 10.5. The molecule has 3 N–H and O–H groups in total. The monoisotopic (exact) mass is 268 g/mol. The quantitative estimate of drug-likeness (QED) is 0.513. The van der Waals surface area contributed by atoms with E-state index >= 15 is 0 Å². The summed E-state index contributed by atoms with van der Waals surface area (Å²) in [4.78, 5) is 10.0. The second-order valence-electron chi connectivity index (χ2n) is 5.10. The van der Waals surface area contributed by atoms with Crippen molar-refractivity contribution in [3.05, 3.63) is 39.9 Å². The average molecular weight is 268 g/mol. The molecule has 0 fully saturated rings. The fourth-order valence-corrected chi connectivity index (χ4v) is 1.68. The van der Waals surface area contributed by atoms with Gasteiger partial charge in [0.05, 0.1) is 11.0 Å². The van der Waals surface area contributed by atoms with Gasteiger partial charge in [-0.1, -0.05) is 0 Å². The van der Waals surface area contributed by atoms with Crippen LogP contribution in [0.25, 0.3) is 0 Å². The molecule has 0 bridgehead atoms. The Morgan fingerprint density at radius 3 is 2.42 bits per heavy atom. The molecule has 1 aromatic carbocycles.